The third-order valence-electron chi connectivity index (χ3n) is 5.23. The van der Waals surface area contributed by atoms with Gasteiger partial charge in [-0.2, -0.15) is 0 Å². The van der Waals surface area contributed by atoms with Crippen molar-refractivity contribution in [3.63, 3.8) is 0 Å². The van der Waals surface area contributed by atoms with Crippen molar-refractivity contribution in [3.05, 3.63) is 17.8 Å². The number of carbonyl (C=O) groups excluding carboxylic acids is 1. The van der Waals surface area contributed by atoms with E-state index in [0.29, 0.717) is 30.7 Å². The molecule has 1 saturated carbocycles. The van der Waals surface area contributed by atoms with Gasteiger partial charge in [-0.05, 0) is 43.2 Å². The van der Waals surface area contributed by atoms with Crippen LogP contribution in [0.2, 0.25) is 0 Å². The van der Waals surface area contributed by atoms with Crippen molar-refractivity contribution in [1.82, 2.24) is 10.3 Å². The van der Waals surface area contributed by atoms with Gasteiger partial charge in [0, 0.05) is 20.2 Å². The summed E-state index contributed by atoms with van der Waals surface area (Å²) in [6.07, 6.45) is 3.26. The molecule has 0 spiro atoms. The fraction of sp³-hybridized carbons (Fsp3) is 0.714. The standard InChI is InChI=1S/C21H32FN3O4/c1-14(2)8-16(12-28-13-22)23-20(26)18-6-7-19(25-9-17(10-25)27-3)21(24-18)29-11-15-4-5-15/h6-7,14-17H,4-5,8-13H2,1-3H3,(H,23,26)/t16-/m0/s1. The summed E-state index contributed by atoms with van der Waals surface area (Å²) in [7, 11) is 1.71. The number of amides is 1. The lowest BCUT2D eigenvalue weighted by atomic mass is 10.0. The molecule has 162 valence electrons. The number of ether oxygens (including phenoxy) is 3. The molecule has 29 heavy (non-hydrogen) atoms. The van der Waals surface area contributed by atoms with Gasteiger partial charge in [0.05, 0.1) is 25.4 Å². The predicted molar refractivity (Wildman–Crippen MR) is 108 cm³/mol. The van der Waals surface area contributed by atoms with Crippen LogP contribution in [0.25, 0.3) is 0 Å². The van der Waals surface area contributed by atoms with Crippen LogP contribution in [-0.4, -0.2) is 63.3 Å². The molecule has 0 radical (unpaired) electrons. The average molecular weight is 410 g/mol. The Kier molecular flexibility index (Phi) is 7.66. The number of alkyl halides is 1. The molecular formula is C21H32FN3O4. The van der Waals surface area contributed by atoms with Crippen molar-refractivity contribution in [3.8, 4) is 5.88 Å². The summed E-state index contributed by atoms with van der Waals surface area (Å²) in [6.45, 7) is 5.54. The first-order valence-electron chi connectivity index (χ1n) is 10.4. The maximum Gasteiger partial charge on any atom is 0.270 e. The van der Waals surface area contributed by atoms with Crippen LogP contribution in [0.1, 0.15) is 43.6 Å². The zero-order chi connectivity index (χ0) is 20.8. The van der Waals surface area contributed by atoms with E-state index in [2.05, 4.69) is 15.2 Å². The van der Waals surface area contributed by atoms with Gasteiger partial charge >= 0.3 is 0 Å². The number of pyridine rings is 1. The monoisotopic (exact) mass is 409 g/mol. The second-order valence-corrected chi connectivity index (χ2v) is 8.32. The number of rotatable bonds is 12. The highest BCUT2D eigenvalue weighted by atomic mass is 19.1. The molecule has 7 nitrogen and oxygen atoms in total. The van der Waals surface area contributed by atoms with E-state index >= 15 is 0 Å². The van der Waals surface area contributed by atoms with Crippen molar-refractivity contribution in [2.24, 2.45) is 11.8 Å². The number of nitrogens with zero attached hydrogens (tertiary/aromatic N) is 2. The van der Waals surface area contributed by atoms with Gasteiger partial charge in [0.25, 0.3) is 5.91 Å². The lowest BCUT2D eigenvalue weighted by Crippen LogP contribution is -2.52. The van der Waals surface area contributed by atoms with Crippen LogP contribution in [-0.2, 0) is 9.47 Å². The SMILES string of the molecule is COC1CN(c2ccc(C(=O)N[C@H](COCF)CC(C)C)nc2OCC2CC2)C1. The molecule has 1 aromatic heterocycles. The molecular weight excluding hydrogens is 377 g/mol. The third kappa shape index (κ3) is 6.27. The summed E-state index contributed by atoms with van der Waals surface area (Å²) in [5.74, 6) is 1.11. The molecule has 2 fully saturated rings. The second-order valence-electron chi connectivity index (χ2n) is 8.32. The second kappa shape index (κ2) is 10.2. The van der Waals surface area contributed by atoms with Gasteiger partial charge in [-0.25, -0.2) is 9.37 Å². The molecule has 1 aliphatic heterocycles. The number of nitrogens with one attached hydrogen (secondary N) is 1. The Morgan fingerprint density at radius 2 is 2.10 bits per heavy atom. The van der Waals surface area contributed by atoms with Crippen molar-refractivity contribution >= 4 is 11.6 Å². The Morgan fingerprint density at radius 1 is 1.34 bits per heavy atom. The molecule has 1 amide bonds. The quantitative estimate of drug-likeness (QED) is 0.572. The molecule has 1 aromatic rings. The molecule has 2 aliphatic rings. The lowest BCUT2D eigenvalue weighted by molar-refractivity contribution is 0.0385. The van der Waals surface area contributed by atoms with E-state index in [1.54, 1.807) is 13.2 Å². The number of hydrogen-bond donors (Lipinski definition) is 1. The normalized spacial score (nSPS) is 17.9. The smallest absolute Gasteiger partial charge is 0.270 e. The van der Waals surface area contributed by atoms with E-state index in [4.69, 9.17) is 14.2 Å². The van der Waals surface area contributed by atoms with Crippen molar-refractivity contribution in [1.29, 1.82) is 0 Å². The van der Waals surface area contributed by atoms with E-state index < -0.39 is 6.86 Å². The summed E-state index contributed by atoms with van der Waals surface area (Å²) in [6, 6.07) is 3.32. The summed E-state index contributed by atoms with van der Waals surface area (Å²) in [5.41, 5.74) is 1.17. The topological polar surface area (TPSA) is 72.9 Å². The number of halogens is 1. The van der Waals surface area contributed by atoms with Crippen LogP contribution in [0.3, 0.4) is 0 Å². The molecule has 0 bridgehead atoms. The Balaban J connectivity index is 1.69. The van der Waals surface area contributed by atoms with E-state index in [1.165, 1.54) is 12.8 Å². The summed E-state index contributed by atoms with van der Waals surface area (Å²) in [4.78, 5) is 19.4. The number of hydrogen-bond acceptors (Lipinski definition) is 6. The highest BCUT2D eigenvalue weighted by Crippen LogP contribution is 2.34. The first-order valence-corrected chi connectivity index (χ1v) is 10.4. The minimum Gasteiger partial charge on any atom is -0.476 e. The lowest BCUT2D eigenvalue weighted by Gasteiger charge is -2.40. The minimum absolute atomic E-state index is 0.135. The van der Waals surface area contributed by atoms with Crippen LogP contribution in [0.15, 0.2) is 12.1 Å². The average Bonchev–Trinajstić information content (AvgIpc) is 3.48. The van der Waals surface area contributed by atoms with Crippen molar-refractivity contribution < 1.29 is 23.4 Å². The molecule has 1 atom stereocenters. The predicted octanol–water partition coefficient (Wildman–Crippen LogP) is 2.79. The molecule has 1 N–H and O–H groups in total. The number of methoxy groups -OCH3 is 1. The Bertz CT molecular complexity index is 678. The van der Waals surface area contributed by atoms with Gasteiger partial charge in [-0.1, -0.05) is 13.8 Å². The number of carbonyl (C=O) groups is 1. The zero-order valence-corrected chi connectivity index (χ0v) is 17.5. The van der Waals surface area contributed by atoms with Gasteiger partial charge in [0.2, 0.25) is 5.88 Å². The van der Waals surface area contributed by atoms with Crippen molar-refractivity contribution in [2.75, 3.05) is 45.2 Å². The fourth-order valence-electron chi connectivity index (χ4n) is 3.36. The molecule has 1 saturated heterocycles. The van der Waals surface area contributed by atoms with Crippen LogP contribution in [0.4, 0.5) is 10.1 Å². The van der Waals surface area contributed by atoms with E-state index in [9.17, 15) is 9.18 Å². The van der Waals surface area contributed by atoms with Crippen LogP contribution in [0.5, 0.6) is 5.88 Å². The molecule has 8 heteroatoms. The Morgan fingerprint density at radius 3 is 2.72 bits per heavy atom. The zero-order valence-electron chi connectivity index (χ0n) is 17.5. The first-order chi connectivity index (χ1) is 14.0. The molecule has 3 rings (SSSR count). The van der Waals surface area contributed by atoms with Gasteiger partial charge in [0.15, 0.2) is 6.86 Å². The van der Waals surface area contributed by atoms with E-state index in [1.807, 2.05) is 19.9 Å². The summed E-state index contributed by atoms with van der Waals surface area (Å²) >= 11 is 0. The van der Waals surface area contributed by atoms with Crippen LogP contribution in [0, 0.1) is 11.8 Å². The highest BCUT2D eigenvalue weighted by Gasteiger charge is 2.31. The van der Waals surface area contributed by atoms with Crippen LogP contribution >= 0.6 is 0 Å². The van der Waals surface area contributed by atoms with Crippen molar-refractivity contribution in [2.45, 2.75) is 45.3 Å². The van der Waals surface area contributed by atoms with E-state index in [-0.39, 0.29) is 30.4 Å². The Hall–Kier alpha value is -1.93. The summed E-state index contributed by atoms with van der Waals surface area (Å²) in [5, 5.41) is 2.91. The number of anilines is 1. The molecule has 0 unspecified atom stereocenters. The fourth-order valence-corrected chi connectivity index (χ4v) is 3.36. The highest BCUT2D eigenvalue weighted by molar-refractivity contribution is 5.93. The van der Waals surface area contributed by atoms with Gasteiger partial charge in [0.1, 0.15) is 11.4 Å². The molecule has 2 heterocycles. The van der Waals surface area contributed by atoms with Gasteiger partial charge < -0.3 is 24.4 Å². The minimum atomic E-state index is -0.866. The van der Waals surface area contributed by atoms with E-state index in [0.717, 1.165) is 18.8 Å². The maximum atomic E-state index is 12.8. The molecule has 1 aliphatic carbocycles. The Labute approximate surface area is 171 Å². The number of aromatic nitrogens is 1. The third-order valence-corrected chi connectivity index (χ3v) is 5.23. The maximum absolute atomic E-state index is 12.8. The largest absolute Gasteiger partial charge is 0.476 e. The van der Waals surface area contributed by atoms with Crippen LogP contribution < -0.4 is 15.0 Å². The van der Waals surface area contributed by atoms with Gasteiger partial charge in [-0.15, -0.1) is 0 Å². The summed E-state index contributed by atoms with van der Waals surface area (Å²) < 4.78 is 28.6. The van der Waals surface area contributed by atoms with Gasteiger partial charge in [-0.3, -0.25) is 4.79 Å². The molecule has 0 aromatic carbocycles. The first kappa shape index (κ1) is 21.8.